The Morgan fingerprint density at radius 3 is 2.72 bits per heavy atom. The zero-order chi connectivity index (χ0) is 18.2. The van der Waals surface area contributed by atoms with Gasteiger partial charge in [0.25, 0.3) is 5.91 Å². The summed E-state index contributed by atoms with van der Waals surface area (Å²) in [6.07, 6.45) is 0.269. The van der Waals surface area contributed by atoms with Crippen LogP contribution in [0.2, 0.25) is 0 Å². The van der Waals surface area contributed by atoms with Gasteiger partial charge in [-0.1, -0.05) is 11.8 Å². The van der Waals surface area contributed by atoms with Gasteiger partial charge in [-0.25, -0.2) is 4.79 Å². The van der Waals surface area contributed by atoms with E-state index < -0.39 is 5.60 Å². The van der Waals surface area contributed by atoms with Gasteiger partial charge in [0, 0.05) is 37.0 Å². The van der Waals surface area contributed by atoms with Gasteiger partial charge in [0.15, 0.2) is 10.9 Å². The summed E-state index contributed by atoms with van der Waals surface area (Å²) in [5, 5.41) is 7.80. The number of rotatable bonds is 1. The highest BCUT2D eigenvalue weighted by atomic mass is 32.2. The van der Waals surface area contributed by atoms with Crippen LogP contribution in [0, 0.1) is 0 Å². The van der Waals surface area contributed by atoms with Crippen LogP contribution in [0.3, 0.4) is 0 Å². The molecule has 0 bridgehead atoms. The van der Waals surface area contributed by atoms with E-state index in [0.717, 1.165) is 17.0 Å². The number of aryl methyl sites for hydroxylation is 1. The Morgan fingerprint density at radius 1 is 1.32 bits per heavy atom. The maximum absolute atomic E-state index is 12.6. The molecule has 3 rings (SSSR count). The molecule has 136 valence electrons. The van der Waals surface area contributed by atoms with E-state index in [1.54, 1.807) is 9.58 Å². The zero-order valence-electron chi connectivity index (χ0n) is 15.0. The predicted molar refractivity (Wildman–Crippen MR) is 95.8 cm³/mol. The van der Waals surface area contributed by atoms with Crippen molar-refractivity contribution in [2.75, 3.05) is 18.8 Å². The number of aromatic nitrogens is 2. The van der Waals surface area contributed by atoms with Crippen molar-refractivity contribution in [2.45, 2.75) is 39.3 Å². The first kappa shape index (κ1) is 17.8. The number of hydrogen-bond donors (Lipinski definition) is 1. The molecular weight excluding hydrogens is 342 g/mol. The lowest BCUT2D eigenvalue weighted by Gasteiger charge is -2.30. The number of carbonyl (C=O) groups is 2. The van der Waals surface area contributed by atoms with Gasteiger partial charge < -0.3 is 9.64 Å². The van der Waals surface area contributed by atoms with Crippen molar-refractivity contribution >= 4 is 28.9 Å². The van der Waals surface area contributed by atoms with Crippen LogP contribution < -0.4 is 5.32 Å². The average molecular weight is 365 g/mol. The summed E-state index contributed by atoms with van der Waals surface area (Å²) < 4.78 is 7.17. The monoisotopic (exact) mass is 365 g/mol. The lowest BCUT2D eigenvalue weighted by atomic mass is 10.1. The minimum Gasteiger partial charge on any atom is -0.444 e. The van der Waals surface area contributed by atoms with E-state index in [4.69, 9.17) is 4.74 Å². The molecule has 0 aliphatic carbocycles. The molecule has 3 heterocycles. The molecule has 1 aromatic heterocycles. The van der Waals surface area contributed by atoms with Crippen LogP contribution >= 0.6 is 11.8 Å². The van der Waals surface area contributed by atoms with Gasteiger partial charge in [0.2, 0.25) is 0 Å². The molecule has 0 atom stereocenters. The number of amides is 2. The Kier molecular flexibility index (Phi) is 4.77. The molecule has 2 amide bonds. The fourth-order valence-corrected chi connectivity index (χ4v) is 3.55. The fourth-order valence-electron chi connectivity index (χ4n) is 2.82. The molecule has 0 spiro atoms. The van der Waals surface area contributed by atoms with Crippen molar-refractivity contribution in [2.24, 2.45) is 12.0 Å². The summed E-state index contributed by atoms with van der Waals surface area (Å²) >= 11 is 1.52. The number of nitrogens with one attached hydrogen (secondary N) is 1. The zero-order valence-corrected chi connectivity index (χ0v) is 15.8. The van der Waals surface area contributed by atoms with Gasteiger partial charge in [-0.15, -0.1) is 0 Å². The number of fused-ring (bicyclic) bond motifs is 1. The van der Waals surface area contributed by atoms with Crippen molar-refractivity contribution in [1.82, 2.24) is 20.0 Å². The van der Waals surface area contributed by atoms with Crippen molar-refractivity contribution in [3.05, 3.63) is 17.0 Å². The summed E-state index contributed by atoms with van der Waals surface area (Å²) in [4.78, 5) is 30.8. The number of ether oxygens (including phenoxy) is 1. The van der Waals surface area contributed by atoms with Gasteiger partial charge in [-0.2, -0.15) is 5.10 Å². The van der Waals surface area contributed by atoms with Gasteiger partial charge in [-0.3, -0.25) is 19.8 Å². The Hall–Kier alpha value is -2.03. The molecule has 2 aliphatic rings. The molecule has 1 N–H and O–H groups in total. The van der Waals surface area contributed by atoms with E-state index in [0.29, 0.717) is 36.9 Å². The number of amidine groups is 1. The minimum absolute atomic E-state index is 0.281. The highest BCUT2D eigenvalue weighted by molar-refractivity contribution is 8.14. The molecular formula is C16H23N5O3S. The Balaban J connectivity index is 1.78. The molecule has 9 heteroatoms. The Bertz CT molecular complexity index is 735. The van der Waals surface area contributed by atoms with Gasteiger partial charge in [0.1, 0.15) is 5.60 Å². The largest absolute Gasteiger partial charge is 0.444 e. The second-order valence-electron chi connectivity index (χ2n) is 7.04. The summed E-state index contributed by atoms with van der Waals surface area (Å²) in [6.45, 7) is 7.09. The average Bonchev–Trinajstić information content (AvgIpc) is 3.13. The molecule has 0 fully saturated rings. The van der Waals surface area contributed by atoms with Crippen LogP contribution in [0.25, 0.3) is 0 Å². The molecule has 0 radical (unpaired) electrons. The van der Waals surface area contributed by atoms with Crippen molar-refractivity contribution < 1.29 is 14.3 Å². The second kappa shape index (κ2) is 6.70. The normalized spacial score (nSPS) is 17.1. The predicted octanol–water partition coefficient (Wildman–Crippen LogP) is 1.55. The Morgan fingerprint density at radius 2 is 2.08 bits per heavy atom. The summed E-state index contributed by atoms with van der Waals surface area (Å²) in [6, 6.07) is 0. The third kappa shape index (κ3) is 3.97. The lowest BCUT2D eigenvalue weighted by Crippen LogP contribution is -2.40. The summed E-state index contributed by atoms with van der Waals surface area (Å²) in [5.41, 5.74) is 1.55. The first-order valence-corrected chi connectivity index (χ1v) is 9.24. The molecule has 0 saturated heterocycles. The lowest BCUT2D eigenvalue weighted by molar-refractivity contribution is 0.0221. The van der Waals surface area contributed by atoms with Crippen LogP contribution in [0.1, 0.15) is 42.5 Å². The third-order valence-corrected chi connectivity index (χ3v) is 4.81. The van der Waals surface area contributed by atoms with Crippen LogP contribution in [0.4, 0.5) is 4.79 Å². The first-order valence-electron chi connectivity index (χ1n) is 8.26. The van der Waals surface area contributed by atoms with Gasteiger partial charge in [0.05, 0.1) is 13.1 Å². The highest BCUT2D eigenvalue weighted by Crippen LogP contribution is 2.24. The topological polar surface area (TPSA) is 88.8 Å². The Labute approximate surface area is 151 Å². The SMILES string of the molecule is Cn1nc(C(=O)NC2=NCCS2)c2c1CCN(C(=O)OC(C)(C)C)C2. The maximum Gasteiger partial charge on any atom is 0.410 e. The number of carbonyl (C=O) groups excluding carboxylic acids is 2. The fraction of sp³-hybridized carbons (Fsp3) is 0.625. The number of thioether (sulfide) groups is 1. The summed E-state index contributed by atoms with van der Waals surface area (Å²) in [5.74, 6) is 0.596. The van der Waals surface area contributed by atoms with E-state index in [1.165, 1.54) is 11.8 Å². The van der Waals surface area contributed by atoms with Crippen molar-refractivity contribution in [3.8, 4) is 0 Å². The maximum atomic E-state index is 12.6. The smallest absolute Gasteiger partial charge is 0.410 e. The van der Waals surface area contributed by atoms with Crippen LogP contribution in [-0.2, 0) is 24.8 Å². The molecule has 0 aromatic carbocycles. The van der Waals surface area contributed by atoms with E-state index in [1.807, 2.05) is 27.8 Å². The van der Waals surface area contributed by atoms with Crippen LogP contribution in [0.5, 0.6) is 0 Å². The number of nitrogens with zero attached hydrogens (tertiary/aromatic N) is 4. The van der Waals surface area contributed by atoms with Gasteiger partial charge >= 0.3 is 6.09 Å². The standard InChI is InChI=1S/C16H23N5O3S/c1-16(2,3)24-15(23)21-7-5-11-10(9-21)12(19-20(11)4)13(22)18-14-17-6-8-25-14/h5-9H2,1-4H3,(H,17,18,22). The molecule has 25 heavy (non-hydrogen) atoms. The quantitative estimate of drug-likeness (QED) is 0.816. The van der Waals surface area contributed by atoms with Crippen molar-refractivity contribution in [1.29, 1.82) is 0 Å². The van der Waals surface area contributed by atoms with Crippen LogP contribution in [-0.4, -0.2) is 56.3 Å². The van der Waals surface area contributed by atoms with E-state index in [9.17, 15) is 9.59 Å². The van der Waals surface area contributed by atoms with Crippen LogP contribution in [0.15, 0.2) is 4.99 Å². The molecule has 8 nitrogen and oxygen atoms in total. The highest BCUT2D eigenvalue weighted by Gasteiger charge is 2.31. The van der Waals surface area contributed by atoms with Crippen molar-refractivity contribution in [3.63, 3.8) is 0 Å². The number of hydrogen-bond acceptors (Lipinski definition) is 6. The molecule has 0 unspecified atom stereocenters. The molecule has 2 aliphatic heterocycles. The van der Waals surface area contributed by atoms with E-state index in [2.05, 4.69) is 15.4 Å². The van der Waals surface area contributed by atoms with E-state index in [-0.39, 0.29) is 12.0 Å². The second-order valence-corrected chi connectivity index (χ2v) is 8.12. The number of aliphatic imine (C=N–C) groups is 1. The van der Waals surface area contributed by atoms with E-state index >= 15 is 0 Å². The first-order chi connectivity index (χ1) is 11.7. The molecule has 0 saturated carbocycles. The third-order valence-electron chi connectivity index (χ3n) is 3.92. The minimum atomic E-state index is -0.551. The molecule has 1 aromatic rings. The summed E-state index contributed by atoms with van der Waals surface area (Å²) in [7, 11) is 1.82. The van der Waals surface area contributed by atoms with Gasteiger partial charge in [-0.05, 0) is 20.8 Å².